The van der Waals surface area contributed by atoms with E-state index in [1.54, 1.807) is 21.3 Å². The minimum Gasteiger partial charge on any atom is -0.493 e. The topological polar surface area (TPSA) is 69.5 Å². The summed E-state index contributed by atoms with van der Waals surface area (Å²) in [6.45, 7) is 8.72. The number of hydrogen-bond acceptors (Lipinski definition) is 4. The van der Waals surface area contributed by atoms with Gasteiger partial charge in [-0.1, -0.05) is 6.58 Å². The molecule has 0 spiro atoms. The van der Waals surface area contributed by atoms with Crippen molar-refractivity contribution in [1.29, 1.82) is 0 Å². The molecular weight excluding hydrogens is 304 g/mol. The van der Waals surface area contributed by atoms with Crippen LogP contribution in [-0.2, 0) is 6.42 Å². The van der Waals surface area contributed by atoms with E-state index in [9.17, 15) is 0 Å². The van der Waals surface area contributed by atoms with Gasteiger partial charge in [0.15, 0.2) is 11.5 Å². The summed E-state index contributed by atoms with van der Waals surface area (Å²) in [4.78, 5) is 3.44. The van der Waals surface area contributed by atoms with Crippen molar-refractivity contribution in [2.45, 2.75) is 20.3 Å². The van der Waals surface area contributed by atoms with Gasteiger partial charge in [0.2, 0.25) is 5.75 Å². The summed E-state index contributed by atoms with van der Waals surface area (Å²) < 4.78 is 16.6. The van der Waals surface area contributed by atoms with Gasteiger partial charge in [0, 0.05) is 34.5 Å². The highest BCUT2D eigenvalue weighted by Crippen LogP contribution is 2.47. The Morgan fingerprint density at radius 3 is 2.29 bits per heavy atom. The summed E-state index contributed by atoms with van der Waals surface area (Å²) in [7, 11) is 4.84. The molecular formula is C19H26N2O3. The van der Waals surface area contributed by atoms with Crippen LogP contribution in [0.5, 0.6) is 17.2 Å². The fourth-order valence-corrected chi connectivity index (χ4v) is 3.15. The SMILES string of the molecule is C=C(C)c1c(C)[nH]c(CCN)c1-c1ccc(OC)c(OC)c1OC. The van der Waals surface area contributed by atoms with Gasteiger partial charge in [-0.2, -0.15) is 0 Å². The van der Waals surface area contributed by atoms with Crippen LogP contribution in [0.15, 0.2) is 18.7 Å². The molecule has 5 nitrogen and oxygen atoms in total. The molecule has 1 aromatic heterocycles. The number of methoxy groups -OCH3 is 3. The van der Waals surface area contributed by atoms with E-state index in [0.717, 1.165) is 40.1 Å². The maximum absolute atomic E-state index is 5.80. The molecule has 0 saturated carbocycles. The Morgan fingerprint density at radius 1 is 1.12 bits per heavy atom. The highest BCUT2D eigenvalue weighted by atomic mass is 16.5. The predicted octanol–water partition coefficient (Wildman–Crippen LogP) is 3.55. The highest BCUT2D eigenvalue weighted by Gasteiger charge is 2.23. The second-order valence-corrected chi connectivity index (χ2v) is 5.68. The van der Waals surface area contributed by atoms with Crippen LogP contribution in [0.4, 0.5) is 0 Å². The predicted molar refractivity (Wildman–Crippen MR) is 98.1 cm³/mol. The molecule has 0 aliphatic carbocycles. The first-order chi connectivity index (χ1) is 11.5. The number of nitrogens with two attached hydrogens (primary N) is 1. The molecule has 0 aliphatic heterocycles. The van der Waals surface area contributed by atoms with Gasteiger partial charge in [-0.05, 0) is 38.1 Å². The molecule has 2 aromatic rings. The molecule has 0 amide bonds. The molecule has 5 heteroatoms. The minimum atomic E-state index is 0.554. The van der Waals surface area contributed by atoms with E-state index in [-0.39, 0.29) is 0 Å². The molecule has 0 radical (unpaired) electrons. The average molecular weight is 330 g/mol. The Hall–Kier alpha value is -2.40. The van der Waals surface area contributed by atoms with Gasteiger partial charge >= 0.3 is 0 Å². The van der Waals surface area contributed by atoms with Crippen molar-refractivity contribution in [2.24, 2.45) is 5.73 Å². The first-order valence-corrected chi connectivity index (χ1v) is 7.86. The van der Waals surface area contributed by atoms with Crippen LogP contribution in [0.3, 0.4) is 0 Å². The van der Waals surface area contributed by atoms with Crippen molar-refractivity contribution in [2.75, 3.05) is 27.9 Å². The second-order valence-electron chi connectivity index (χ2n) is 5.68. The van der Waals surface area contributed by atoms with Gasteiger partial charge in [0.1, 0.15) is 0 Å². The zero-order valence-electron chi connectivity index (χ0n) is 15.1. The number of nitrogens with one attached hydrogen (secondary N) is 1. The molecule has 0 atom stereocenters. The highest BCUT2D eigenvalue weighted by molar-refractivity contribution is 5.88. The van der Waals surface area contributed by atoms with E-state index in [2.05, 4.69) is 11.6 Å². The summed E-state index contributed by atoms with van der Waals surface area (Å²) in [5.74, 6) is 1.84. The van der Waals surface area contributed by atoms with Gasteiger partial charge in [0.05, 0.1) is 21.3 Å². The normalized spacial score (nSPS) is 10.6. The lowest BCUT2D eigenvalue weighted by atomic mass is 9.94. The number of ether oxygens (including phenoxy) is 3. The fraction of sp³-hybridized carbons (Fsp3) is 0.368. The van der Waals surface area contributed by atoms with Crippen LogP contribution in [-0.4, -0.2) is 32.9 Å². The third kappa shape index (κ3) is 2.99. The van der Waals surface area contributed by atoms with Crippen molar-refractivity contribution in [1.82, 2.24) is 4.98 Å². The third-order valence-electron chi connectivity index (χ3n) is 4.06. The van der Waals surface area contributed by atoms with E-state index >= 15 is 0 Å². The number of aromatic nitrogens is 1. The lowest BCUT2D eigenvalue weighted by Gasteiger charge is -2.17. The molecule has 0 fully saturated rings. The minimum absolute atomic E-state index is 0.554. The summed E-state index contributed by atoms with van der Waals surface area (Å²) >= 11 is 0. The quantitative estimate of drug-likeness (QED) is 0.814. The Balaban J connectivity index is 2.83. The van der Waals surface area contributed by atoms with Crippen molar-refractivity contribution in [3.8, 4) is 28.4 Å². The Kier molecular flexibility index (Phi) is 5.57. The van der Waals surface area contributed by atoms with E-state index in [0.29, 0.717) is 23.8 Å². The summed E-state index contributed by atoms with van der Waals surface area (Å²) in [6, 6.07) is 3.86. The Bertz CT molecular complexity index is 748. The van der Waals surface area contributed by atoms with Crippen molar-refractivity contribution in [3.63, 3.8) is 0 Å². The number of benzene rings is 1. The number of hydrogen-bond donors (Lipinski definition) is 2. The number of allylic oxidation sites excluding steroid dienone is 1. The number of rotatable bonds is 7. The van der Waals surface area contributed by atoms with E-state index in [4.69, 9.17) is 19.9 Å². The smallest absolute Gasteiger partial charge is 0.203 e. The standard InChI is InChI=1S/C19H26N2O3/c1-11(2)16-12(3)21-14(9-10-20)17(16)13-7-8-15(22-4)19(24-6)18(13)23-5/h7-8,21H,1,9-10,20H2,2-6H3. The first kappa shape index (κ1) is 17.9. The van der Waals surface area contributed by atoms with E-state index in [1.807, 2.05) is 26.0 Å². The third-order valence-corrected chi connectivity index (χ3v) is 4.06. The summed E-state index contributed by atoms with van der Waals surface area (Å²) in [5, 5.41) is 0. The molecule has 0 bridgehead atoms. The lowest BCUT2D eigenvalue weighted by molar-refractivity contribution is 0.325. The molecule has 2 rings (SSSR count). The molecule has 1 aromatic carbocycles. The van der Waals surface area contributed by atoms with Gasteiger partial charge in [-0.3, -0.25) is 0 Å². The fourth-order valence-electron chi connectivity index (χ4n) is 3.15. The van der Waals surface area contributed by atoms with Gasteiger partial charge < -0.3 is 24.9 Å². The summed E-state index contributed by atoms with van der Waals surface area (Å²) in [6.07, 6.45) is 0.737. The average Bonchev–Trinajstić information content (AvgIpc) is 2.89. The molecule has 0 aliphatic rings. The van der Waals surface area contributed by atoms with Crippen LogP contribution in [0.25, 0.3) is 16.7 Å². The summed E-state index contributed by atoms with van der Waals surface area (Å²) in [5.41, 5.74) is 12.0. The van der Waals surface area contributed by atoms with Crippen molar-refractivity contribution in [3.05, 3.63) is 35.7 Å². The van der Waals surface area contributed by atoms with E-state index in [1.165, 1.54) is 0 Å². The zero-order chi connectivity index (χ0) is 17.9. The number of aromatic amines is 1. The number of H-pyrrole nitrogens is 1. The maximum atomic E-state index is 5.80. The molecule has 130 valence electrons. The first-order valence-electron chi connectivity index (χ1n) is 7.86. The van der Waals surface area contributed by atoms with Crippen LogP contribution in [0.1, 0.15) is 23.9 Å². The lowest BCUT2D eigenvalue weighted by Crippen LogP contribution is -2.05. The van der Waals surface area contributed by atoms with Gasteiger partial charge in [-0.25, -0.2) is 0 Å². The van der Waals surface area contributed by atoms with Gasteiger partial charge in [-0.15, -0.1) is 0 Å². The Labute approximate surface area is 143 Å². The molecule has 1 heterocycles. The van der Waals surface area contributed by atoms with Gasteiger partial charge in [0.25, 0.3) is 0 Å². The molecule has 24 heavy (non-hydrogen) atoms. The molecule has 0 saturated heterocycles. The van der Waals surface area contributed by atoms with Crippen LogP contribution in [0.2, 0.25) is 0 Å². The van der Waals surface area contributed by atoms with Crippen LogP contribution in [0, 0.1) is 6.92 Å². The van der Waals surface area contributed by atoms with Crippen LogP contribution < -0.4 is 19.9 Å². The zero-order valence-corrected chi connectivity index (χ0v) is 15.1. The Morgan fingerprint density at radius 2 is 1.79 bits per heavy atom. The second kappa shape index (κ2) is 7.45. The maximum Gasteiger partial charge on any atom is 0.203 e. The monoisotopic (exact) mass is 330 g/mol. The number of aryl methyl sites for hydroxylation is 1. The van der Waals surface area contributed by atoms with Crippen molar-refractivity contribution < 1.29 is 14.2 Å². The van der Waals surface area contributed by atoms with E-state index < -0.39 is 0 Å². The largest absolute Gasteiger partial charge is 0.493 e. The van der Waals surface area contributed by atoms with Crippen molar-refractivity contribution >= 4 is 5.57 Å². The van der Waals surface area contributed by atoms with Crippen LogP contribution >= 0.6 is 0 Å². The molecule has 3 N–H and O–H groups in total. The molecule has 0 unspecified atom stereocenters.